The van der Waals surface area contributed by atoms with Crippen LogP contribution >= 0.6 is 0 Å². The van der Waals surface area contributed by atoms with Crippen LogP contribution < -0.4 is 10.6 Å². The van der Waals surface area contributed by atoms with Gasteiger partial charge in [-0.25, -0.2) is 4.98 Å². The highest BCUT2D eigenvalue weighted by Crippen LogP contribution is 2.24. The van der Waals surface area contributed by atoms with E-state index in [1.807, 2.05) is 6.92 Å². The van der Waals surface area contributed by atoms with Gasteiger partial charge in [-0.05, 0) is 38.7 Å². The molecule has 7 nitrogen and oxygen atoms in total. The molecule has 0 aromatic carbocycles. The highest BCUT2D eigenvalue weighted by molar-refractivity contribution is 5.60. The van der Waals surface area contributed by atoms with Gasteiger partial charge in [0.15, 0.2) is 0 Å². The van der Waals surface area contributed by atoms with Crippen LogP contribution in [-0.4, -0.2) is 35.7 Å². The van der Waals surface area contributed by atoms with Crippen LogP contribution in [0.4, 0.5) is 17.3 Å². The third-order valence-corrected chi connectivity index (χ3v) is 3.46. The molecular formula is C14H22N4O3. The van der Waals surface area contributed by atoms with E-state index in [4.69, 9.17) is 4.74 Å². The van der Waals surface area contributed by atoms with Gasteiger partial charge in [-0.3, -0.25) is 10.1 Å². The number of nitro groups is 1. The summed E-state index contributed by atoms with van der Waals surface area (Å²) < 4.78 is 5.65. The fraction of sp³-hybridized carbons (Fsp3) is 0.643. The van der Waals surface area contributed by atoms with E-state index in [2.05, 4.69) is 15.6 Å². The van der Waals surface area contributed by atoms with Gasteiger partial charge < -0.3 is 15.4 Å². The molecule has 1 saturated heterocycles. The first-order valence-corrected chi connectivity index (χ1v) is 7.45. The van der Waals surface area contributed by atoms with Gasteiger partial charge in [0.2, 0.25) is 5.82 Å². The topological polar surface area (TPSA) is 89.3 Å². The van der Waals surface area contributed by atoms with Gasteiger partial charge in [0.25, 0.3) is 0 Å². The quantitative estimate of drug-likeness (QED) is 0.593. The van der Waals surface area contributed by atoms with Gasteiger partial charge in [-0.2, -0.15) is 0 Å². The first kappa shape index (κ1) is 15.5. The Morgan fingerprint density at radius 2 is 2.29 bits per heavy atom. The van der Waals surface area contributed by atoms with Crippen LogP contribution in [0.15, 0.2) is 12.1 Å². The molecule has 1 aromatic heterocycles. The summed E-state index contributed by atoms with van der Waals surface area (Å²) in [5.41, 5.74) is 0.00113. The Hall–Kier alpha value is -1.89. The first-order valence-electron chi connectivity index (χ1n) is 7.45. The van der Waals surface area contributed by atoms with Gasteiger partial charge >= 0.3 is 5.69 Å². The van der Waals surface area contributed by atoms with E-state index in [-0.39, 0.29) is 11.8 Å². The van der Waals surface area contributed by atoms with Crippen molar-refractivity contribution < 1.29 is 9.66 Å². The monoisotopic (exact) mass is 294 g/mol. The lowest BCUT2D eigenvalue weighted by molar-refractivity contribution is -0.384. The highest BCUT2D eigenvalue weighted by atomic mass is 16.6. The molecule has 0 amide bonds. The third kappa shape index (κ3) is 4.56. The van der Waals surface area contributed by atoms with Crippen molar-refractivity contribution >= 4 is 17.3 Å². The molecule has 1 aliphatic heterocycles. The predicted molar refractivity (Wildman–Crippen MR) is 81.8 cm³/mol. The molecule has 0 spiro atoms. The second-order valence-corrected chi connectivity index (χ2v) is 5.06. The van der Waals surface area contributed by atoms with Crippen molar-refractivity contribution in [2.45, 2.75) is 38.7 Å². The summed E-state index contributed by atoms with van der Waals surface area (Å²) in [5.74, 6) is 0.953. The third-order valence-electron chi connectivity index (χ3n) is 3.46. The van der Waals surface area contributed by atoms with Crippen molar-refractivity contribution in [1.29, 1.82) is 0 Å². The van der Waals surface area contributed by atoms with Gasteiger partial charge in [-0.1, -0.05) is 0 Å². The summed E-state index contributed by atoms with van der Waals surface area (Å²) in [5, 5.41) is 17.2. The molecule has 1 aliphatic rings. The van der Waals surface area contributed by atoms with Crippen molar-refractivity contribution in [1.82, 2.24) is 4.98 Å². The molecule has 0 saturated carbocycles. The minimum absolute atomic E-state index is 0.00113. The van der Waals surface area contributed by atoms with E-state index < -0.39 is 4.92 Å². The summed E-state index contributed by atoms with van der Waals surface area (Å²) in [6.45, 7) is 4.11. The van der Waals surface area contributed by atoms with E-state index in [1.54, 1.807) is 6.07 Å². The number of pyridine rings is 1. The van der Waals surface area contributed by atoms with E-state index >= 15 is 0 Å². The Balaban J connectivity index is 1.95. The maximum absolute atomic E-state index is 11.0. The summed E-state index contributed by atoms with van der Waals surface area (Å²) in [4.78, 5) is 14.9. The average Bonchev–Trinajstić information content (AvgIpc) is 2.49. The van der Waals surface area contributed by atoms with Gasteiger partial charge in [0.1, 0.15) is 5.82 Å². The number of rotatable bonds is 7. The number of hydrogen-bond acceptors (Lipinski definition) is 6. The number of ether oxygens (including phenoxy) is 1. The Bertz CT molecular complexity index is 475. The van der Waals surface area contributed by atoms with Gasteiger partial charge in [0, 0.05) is 25.8 Å². The summed E-state index contributed by atoms with van der Waals surface area (Å²) in [6.07, 6.45) is 4.47. The van der Waals surface area contributed by atoms with Crippen molar-refractivity contribution in [3.05, 3.63) is 22.2 Å². The number of aromatic nitrogens is 1. The number of hydrogen-bond donors (Lipinski definition) is 2. The van der Waals surface area contributed by atoms with Crippen LogP contribution in [0.2, 0.25) is 0 Å². The number of anilines is 2. The lowest BCUT2D eigenvalue weighted by Crippen LogP contribution is -2.22. The number of nitrogens with one attached hydrogen (secondary N) is 2. The molecule has 2 rings (SSSR count). The lowest BCUT2D eigenvalue weighted by Gasteiger charge is -2.22. The molecule has 7 heteroatoms. The Morgan fingerprint density at radius 3 is 2.95 bits per heavy atom. The average molecular weight is 294 g/mol. The zero-order valence-corrected chi connectivity index (χ0v) is 12.3. The Labute approximate surface area is 124 Å². The van der Waals surface area contributed by atoms with Crippen molar-refractivity contribution in [2.75, 3.05) is 30.3 Å². The van der Waals surface area contributed by atoms with E-state index in [0.29, 0.717) is 18.2 Å². The van der Waals surface area contributed by atoms with Crippen molar-refractivity contribution in [2.24, 2.45) is 0 Å². The summed E-state index contributed by atoms with van der Waals surface area (Å²) in [6, 6.07) is 3.10. The molecule has 116 valence electrons. The van der Waals surface area contributed by atoms with Crippen LogP contribution in [-0.2, 0) is 4.74 Å². The molecule has 2 heterocycles. The fourth-order valence-corrected chi connectivity index (χ4v) is 2.40. The summed E-state index contributed by atoms with van der Waals surface area (Å²) >= 11 is 0. The molecule has 2 N–H and O–H groups in total. The molecule has 0 aliphatic carbocycles. The predicted octanol–water partition coefficient (Wildman–Crippen LogP) is 2.79. The molecule has 0 radical (unpaired) electrons. The molecule has 1 fully saturated rings. The van der Waals surface area contributed by atoms with E-state index in [1.165, 1.54) is 12.5 Å². The van der Waals surface area contributed by atoms with Crippen molar-refractivity contribution in [3.8, 4) is 0 Å². The molecule has 1 aromatic rings. The smallest absolute Gasteiger partial charge is 0.311 e. The van der Waals surface area contributed by atoms with Crippen molar-refractivity contribution in [3.63, 3.8) is 0 Å². The Morgan fingerprint density at radius 1 is 1.43 bits per heavy atom. The summed E-state index contributed by atoms with van der Waals surface area (Å²) in [7, 11) is 0. The lowest BCUT2D eigenvalue weighted by atomic mass is 10.1. The largest absolute Gasteiger partial charge is 0.378 e. The van der Waals surface area contributed by atoms with Crippen LogP contribution in [0.5, 0.6) is 0 Å². The van der Waals surface area contributed by atoms with E-state index in [0.717, 1.165) is 32.4 Å². The second kappa shape index (κ2) is 7.78. The van der Waals surface area contributed by atoms with Crippen LogP contribution in [0.1, 0.15) is 32.6 Å². The minimum atomic E-state index is -0.415. The van der Waals surface area contributed by atoms with Gasteiger partial charge in [0.05, 0.1) is 11.0 Å². The van der Waals surface area contributed by atoms with Crippen LogP contribution in [0.3, 0.4) is 0 Å². The van der Waals surface area contributed by atoms with Crippen LogP contribution in [0.25, 0.3) is 0 Å². The highest BCUT2D eigenvalue weighted by Gasteiger charge is 2.17. The Kier molecular flexibility index (Phi) is 5.74. The second-order valence-electron chi connectivity index (χ2n) is 5.06. The number of nitrogens with zero attached hydrogens (tertiary/aromatic N) is 2. The molecule has 1 unspecified atom stereocenters. The molecule has 21 heavy (non-hydrogen) atoms. The van der Waals surface area contributed by atoms with E-state index in [9.17, 15) is 10.1 Å². The minimum Gasteiger partial charge on any atom is -0.378 e. The SMILES string of the molecule is CCNc1ccc([N+](=O)[O-])c(NCCC2CCCCO2)n1. The maximum Gasteiger partial charge on any atom is 0.311 e. The molecular weight excluding hydrogens is 272 g/mol. The zero-order chi connectivity index (χ0) is 15.1. The van der Waals surface area contributed by atoms with Crippen LogP contribution in [0, 0.1) is 10.1 Å². The molecule has 1 atom stereocenters. The zero-order valence-electron chi connectivity index (χ0n) is 12.3. The normalized spacial score (nSPS) is 18.2. The fourth-order valence-electron chi connectivity index (χ4n) is 2.40. The molecule has 0 bridgehead atoms. The first-order chi connectivity index (χ1) is 10.2. The van der Waals surface area contributed by atoms with Gasteiger partial charge in [-0.15, -0.1) is 0 Å². The maximum atomic E-state index is 11.0. The standard InChI is InChI=1S/C14H22N4O3/c1-2-15-13-7-6-12(18(19)20)14(17-13)16-9-8-11-5-3-4-10-21-11/h6-7,11H,2-5,8-10H2,1H3,(H2,15,16,17).